The summed E-state index contributed by atoms with van der Waals surface area (Å²) in [7, 11) is 0. The van der Waals surface area contributed by atoms with Gasteiger partial charge in [0, 0.05) is 10.3 Å². The minimum Gasteiger partial charge on any atom is -0.187 e. The van der Waals surface area contributed by atoms with Gasteiger partial charge in [-0.15, -0.1) is 5.10 Å². The third-order valence-electron chi connectivity index (χ3n) is 3.34. The van der Waals surface area contributed by atoms with Crippen molar-refractivity contribution in [2.45, 2.75) is 24.3 Å². The van der Waals surface area contributed by atoms with Crippen molar-refractivity contribution in [3.05, 3.63) is 64.7 Å². The lowest BCUT2D eigenvalue weighted by Crippen LogP contribution is -2.00. The van der Waals surface area contributed by atoms with Gasteiger partial charge in [0.15, 0.2) is 0 Å². The van der Waals surface area contributed by atoms with Gasteiger partial charge in [-0.1, -0.05) is 59.3 Å². The molecule has 4 nitrogen and oxygen atoms in total. The molecule has 0 aliphatic rings. The molecule has 3 aromatic rings. The molecule has 0 radical (unpaired) electrons. The Balaban J connectivity index is 1.86. The second-order valence-corrected chi connectivity index (χ2v) is 6.71. The number of halogens is 1. The fourth-order valence-electron chi connectivity index (χ4n) is 2.13. The molecule has 0 N–H and O–H groups in total. The molecular weight excluding hydrogens is 316 g/mol. The average Bonchev–Trinajstić information content (AvgIpc) is 2.96. The van der Waals surface area contributed by atoms with Crippen LogP contribution in [0.25, 0.3) is 5.69 Å². The summed E-state index contributed by atoms with van der Waals surface area (Å²) in [6.45, 7) is 4.15. The van der Waals surface area contributed by atoms with E-state index in [2.05, 4.69) is 29.4 Å². The van der Waals surface area contributed by atoms with E-state index >= 15 is 0 Å². The molecule has 112 valence electrons. The SMILES string of the molecule is Cc1ccc(-n2nnnc2S[C@@H](C)c2ccccc2Cl)cc1. The van der Waals surface area contributed by atoms with Crippen molar-refractivity contribution in [3.8, 4) is 5.69 Å². The van der Waals surface area contributed by atoms with Gasteiger partial charge in [-0.2, -0.15) is 4.68 Å². The van der Waals surface area contributed by atoms with Crippen LogP contribution in [0.5, 0.6) is 0 Å². The summed E-state index contributed by atoms with van der Waals surface area (Å²) in [6.07, 6.45) is 0. The van der Waals surface area contributed by atoms with E-state index in [4.69, 9.17) is 11.6 Å². The van der Waals surface area contributed by atoms with E-state index in [1.807, 2.05) is 48.5 Å². The lowest BCUT2D eigenvalue weighted by Gasteiger charge is -2.12. The van der Waals surface area contributed by atoms with E-state index in [0.29, 0.717) is 0 Å². The summed E-state index contributed by atoms with van der Waals surface area (Å²) in [5, 5.41) is 13.7. The number of thioether (sulfide) groups is 1. The van der Waals surface area contributed by atoms with Crippen LogP contribution in [0.1, 0.15) is 23.3 Å². The van der Waals surface area contributed by atoms with E-state index in [0.717, 1.165) is 21.4 Å². The number of hydrogen-bond donors (Lipinski definition) is 0. The molecule has 0 fully saturated rings. The van der Waals surface area contributed by atoms with Gasteiger partial charge in [0.2, 0.25) is 5.16 Å². The van der Waals surface area contributed by atoms with Crippen molar-refractivity contribution in [2.24, 2.45) is 0 Å². The predicted molar refractivity (Wildman–Crippen MR) is 89.6 cm³/mol. The van der Waals surface area contributed by atoms with Crippen LogP contribution in [0, 0.1) is 6.92 Å². The Morgan fingerprint density at radius 3 is 2.55 bits per heavy atom. The molecule has 1 aromatic heterocycles. The highest BCUT2D eigenvalue weighted by Crippen LogP contribution is 2.37. The lowest BCUT2D eigenvalue weighted by atomic mass is 10.2. The first-order valence-corrected chi connectivity index (χ1v) is 8.17. The number of hydrogen-bond acceptors (Lipinski definition) is 4. The first-order valence-electron chi connectivity index (χ1n) is 6.91. The number of rotatable bonds is 4. The van der Waals surface area contributed by atoms with E-state index in [1.165, 1.54) is 5.56 Å². The van der Waals surface area contributed by atoms with Crippen LogP contribution < -0.4 is 0 Å². The Kier molecular flexibility index (Phi) is 4.45. The third kappa shape index (κ3) is 3.15. The second kappa shape index (κ2) is 6.50. The third-order valence-corrected chi connectivity index (χ3v) is 4.76. The van der Waals surface area contributed by atoms with Crippen LogP contribution in [0.3, 0.4) is 0 Å². The van der Waals surface area contributed by atoms with Crippen molar-refractivity contribution in [2.75, 3.05) is 0 Å². The maximum Gasteiger partial charge on any atom is 0.214 e. The molecule has 0 spiro atoms. The molecule has 22 heavy (non-hydrogen) atoms. The molecule has 0 amide bonds. The van der Waals surface area contributed by atoms with Crippen molar-refractivity contribution in [3.63, 3.8) is 0 Å². The van der Waals surface area contributed by atoms with Crippen LogP contribution >= 0.6 is 23.4 Å². The molecule has 0 saturated heterocycles. The van der Waals surface area contributed by atoms with E-state index in [-0.39, 0.29) is 5.25 Å². The molecule has 0 unspecified atom stereocenters. The average molecular weight is 331 g/mol. The Hall–Kier alpha value is -1.85. The van der Waals surface area contributed by atoms with Gasteiger partial charge in [-0.25, -0.2) is 0 Å². The fourth-order valence-corrected chi connectivity index (χ4v) is 3.47. The highest BCUT2D eigenvalue weighted by Gasteiger charge is 2.16. The van der Waals surface area contributed by atoms with E-state index in [1.54, 1.807) is 16.4 Å². The zero-order chi connectivity index (χ0) is 15.5. The zero-order valence-electron chi connectivity index (χ0n) is 12.3. The Morgan fingerprint density at radius 2 is 1.82 bits per heavy atom. The van der Waals surface area contributed by atoms with Gasteiger partial charge in [-0.3, -0.25) is 0 Å². The van der Waals surface area contributed by atoms with Crippen LogP contribution in [-0.4, -0.2) is 20.2 Å². The second-order valence-electron chi connectivity index (χ2n) is 4.99. The van der Waals surface area contributed by atoms with Crippen LogP contribution in [0.2, 0.25) is 5.02 Å². The Labute approximate surface area is 138 Å². The number of tetrazole rings is 1. The number of benzene rings is 2. The summed E-state index contributed by atoms with van der Waals surface area (Å²) in [5.41, 5.74) is 3.23. The van der Waals surface area contributed by atoms with Crippen molar-refractivity contribution in [1.82, 2.24) is 20.2 Å². The quantitative estimate of drug-likeness (QED) is 0.662. The number of nitrogens with zero attached hydrogens (tertiary/aromatic N) is 4. The molecule has 0 aliphatic carbocycles. The fraction of sp³-hybridized carbons (Fsp3) is 0.188. The molecule has 1 heterocycles. The maximum atomic E-state index is 6.26. The summed E-state index contributed by atoms with van der Waals surface area (Å²) >= 11 is 7.85. The summed E-state index contributed by atoms with van der Waals surface area (Å²) in [6, 6.07) is 16.0. The smallest absolute Gasteiger partial charge is 0.187 e. The van der Waals surface area contributed by atoms with Crippen molar-refractivity contribution >= 4 is 23.4 Å². The van der Waals surface area contributed by atoms with Crippen LogP contribution in [0.4, 0.5) is 0 Å². The molecule has 3 rings (SSSR count). The molecule has 6 heteroatoms. The molecule has 0 bridgehead atoms. The minimum absolute atomic E-state index is 0.156. The topological polar surface area (TPSA) is 43.6 Å². The highest BCUT2D eigenvalue weighted by molar-refractivity contribution is 7.99. The Morgan fingerprint density at radius 1 is 1.09 bits per heavy atom. The van der Waals surface area contributed by atoms with Crippen LogP contribution in [0.15, 0.2) is 53.7 Å². The molecule has 2 aromatic carbocycles. The summed E-state index contributed by atoms with van der Waals surface area (Å²) in [4.78, 5) is 0. The van der Waals surface area contributed by atoms with Crippen molar-refractivity contribution < 1.29 is 0 Å². The monoisotopic (exact) mass is 330 g/mol. The van der Waals surface area contributed by atoms with Gasteiger partial charge in [0.05, 0.1) is 5.69 Å². The Bertz CT molecular complexity index is 770. The first-order chi connectivity index (χ1) is 10.6. The number of aromatic nitrogens is 4. The van der Waals surface area contributed by atoms with Gasteiger partial charge in [0.1, 0.15) is 0 Å². The maximum absolute atomic E-state index is 6.26. The highest BCUT2D eigenvalue weighted by atomic mass is 35.5. The van der Waals surface area contributed by atoms with Gasteiger partial charge in [0.25, 0.3) is 0 Å². The molecular formula is C16H15ClN4S. The minimum atomic E-state index is 0.156. The lowest BCUT2D eigenvalue weighted by molar-refractivity contribution is 0.755. The molecule has 0 aliphatic heterocycles. The van der Waals surface area contributed by atoms with Gasteiger partial charge < -0.3 is 0 Å². The zero-order valence-corrected chi connectivity index (χ0v) is 13.8. The number of aryl methyl sites for hydroxylation is 1. The normalized spacial score (nSPS) is 12.3. The van der Waals surface area contributed by atoms with E-state index in [9.17, 15) is 0 Å². The van der Waals surface area contributed by atoms with Gasteiger partial charge >= 0.3 is 0 Å². The summed E-state index contributed by atoms with van der Waals surface area (Å²) < 4.78 is 1.75. The van der Waals surface area contributed by atoms with Crippen molar-refractivity contribution in [1.29, 1.82) is 0 Å². The molecule has 1 atom stereocenters. The summed E-state index contributed by atoms with van der Waals surface area (Å²) in [5.74, 6) is 0. The predicted octanol–water partition coefficient (Wildman–Crippen LogP) is 4.48. The first kappa shape index (κ1) is 15.1. The van der Waals surface area contributed by atoms with E-state index < -0.39 is 0 Å². The largest absolute Gasteiger partial charge is 0.214 e. The standard InChI is InChI=1S/C16H15ClN4S/c1-11-7-9-13(10-8-11)21-16(18-19-20-21)22-12(2)14-5-3-4-6-15(14)17/h3-10,12H,1-2H3/t12-/m0/s1. The van der Waals surface area contributed by atoms with Crippen LogP contribution in [-0.2, 0) is 0 Å². The van der Waals surface area contributed by atoms with Gasteiger partial charge in [-0.05, 0) is 48.0 Å². The molecule has 0 saturated carbocycles.